The van der Waals surface area contributed by atoms with Crippen molar-refractivity contribution in [1.82, 2.24) is 15.5 Å². The molecule has 0 fully saturated rings. The lowest BCUT2D eigenvalue weighted by molar-refractivity contribution is -0.138. The summed E-state index contributed by atoms with van der Waals surface area (Å²) in [6.07, 6.45) is -4.73. The van der Waals surface area contributed by atoms with Gasteiger partial charge in [-0.15, -0.1) is 0 Å². The van der Waals surface area contributed by atoms with Gasteiger partial charge in [-0.2, -0.15) is 18.2 Å². The van der Waals surface area contributed by atoms with Gasteiger partial charge in [-0.05, 0) is 42.0 Å². The molecule has 3 rings (SSSR count). The third kappa shape index (κ3) is 5.13. The highest BCUT2D eigenvalue weighted by Gasteiger charge is 2.33. The van der Waals surface area contributed by atoms with Crippen molar-refractivity contribution in [2.24, 2.45) is 0 Å². The van der Waals surface area contributed by atoms with E-state index in [4.69, 9.17) is 4.52 Å². The molecule has 30 heavy (non-hydrogen) atoms. The van der Waals surface area contributed by atoms with E-state index in [2.05, 4.69) is 20.8 Å². The monoisotopic (exact) mass is 422 g/mol. The third-order valence-electron chi connectivity index (χ3n) is 4.16. The first kappa shape index (κ1) is 21.3. The first-order chi connectivity index (χ1) is 14.1. The fourth-order valence-electron chi connectivity index (χ4n) is 2.60. The summed E-state index contributed by atoms with van der Waals surface area (Å²) >= 11 is 0. The molecule has 0 saturated heterocycles. The molecular weight excluding hydrogens is 404 g/mol. The van der Waals surface area contributed by atoms with Crippen LogP contribution in [0.5, 0.6) is 0 Å². The maximum Gasteiger partial charge on any atom is 0.416 e. The zero-order chi connectivity index (χ0) is 21.9. The number of amides is 2. The number of benzene rings is 2. The van der Waals surface area contributed by atoms with E-state index in [-0.39, 0.29) is 11.5 Å². The fourth-order valence-corrected chi connectivity index (χ4v) is 2.60. The number of carbonyl (C=O) groups is 1. The molecule has 6 nitrogen and oxygen atoms in total. The number of aromatic nitrogens is 2. The molecule has 158 valence electrons. The van der Waals surface area contributed by atoms with Gasteiger partial charge < -0.3 is 15.2 Å². The summed E-state index contributed by atoms with van der Waals surface area (Å²) in [6.45, 7) is 3.45. The number of nitrogens with one attached hydrogen (secondary N) is 2. The predicted molar refractivity (Wildman–Crippen MR) is 101 cm³/mol. The second-order valence-electron chi connectivity index (χ2n) is 6.80. The van der Waals surface area contributed by atoms with E-state index in [0.29, 0.717) is 29.0 Å². The molecule has 1 aromatic heterocycles. The Hall–Kier alpha value is -3.43. The maximum absolute atomic E-state index is 13.1. The lowest BCUT2D eigenvalue weighted by Crippen LogP contribution is -2.29. The van der Waals surface area contributed by atoms with Crippen molar-refractivity contribution in [2.75, 3.05) is 5.32 Å². The summed E-state index contributed by atoms with van der Waals surface area (Å²) in [4.78, 5) is 16.3. The van der Waals surface area contributed by atoms with Gasteiger partial charge in [0.2, 0.25) is 0 Å². The van der Waals surface area contributed by atoms with Gasteiger partial charge in [-0.1, -0.05) is 25.1 Å². The number of anilines is 1. The van der Waals surface area contributed by atoms with Crippen molar-refractivity contribution < 1.29 is 26.9 Å². The smallest absolute Gasteiger partial charge is 0.334 e. The number of alkyl halides is 3. The Labute approximate surface area is 169 Å². The summed E-state index contributed by atoms with van der Waals surface area (Å²) in [5.74, 6) is 0.0276. The number of nitrogens with zero attached hydrogens (tertiary/aromatic N) is 2. The molecule has 0 aliphatic rings. The summed E-state index contributed by atoms with van der Waals surface area (Å²) in [5.41, 5.74) is -0.310. The van der Waals surface area contributed by atoms with Crippen molar-refractivity contribution in [2.45, 2.75) is 32.5 Å². The number of hydrogen-bond acceptors (Lipinski definition) is 4. The van der Waals surface area contributed by atoms with Crippen molar-refractivity contribution in [3.05, 3.63) is 65.2 Å². The highest BCUT2D eigenvalue weighted by atomic mass is 19.4. The average molecular weight is 422 g/mol. The Kier molecular flexibility index (Phi) is 6.04. The lowest BCUT2D eigenvalue weighted by atomic mass is 10.1. The van der Waals surface area contributed by atoms with Gasteiger partial charge >= 0.3 is 12.2 Å². The minimum Gasteiger partial charge on any atom is -0.334 e. The van der Waals surface area contributed by atoms with Gasteiger partial charge in [0.25, 0.3) is 5.89 Å². The van der Waals surface area contributed by atoms with Crippen LogP contribution in [0.25, 0.3) is 11.5 Å². The zero-order valence-electron chi connectivity index (χ0n) is 16.0. The van der Waals surface area contributed by atoms with Crippen LogP contribution in [0.15, 0.2) is 47.0 Å². The van der Waals surface area contributed by atoms with Crippen molar-refractivity contribution in [1.29, 1.82) is 0 Å². The lowest BCUT2D eigenvalue weighted by Gasteiger charge is -2.14. The van der Waals surface area contributed by atoms with Gasteiger partial charge in [0, 0.05) is 23.7 Å². The van der Waals surface area contributed by atoms with E-state index < -0.39 is 30.1 Å². The van der Waals surface area contributed by atoms with Crippen LogP contribution in [-0.2, 0) is 12.7 Å². The quantitative estimate of drug-likeness (QED) is 0.544. The first-order valence-electron chi connectivity index (χ1n) is 8.98. The van der Waals surface area contributed by atoms with E-state index in [9.17, 15) is 22.4 Å². The number of carbonyl (C=O) groups excluding carboxylic acids is 1. The Morgan fingerprint density at radius 3 is 2.43 bits per heavy atom. The predicted octanol–water partition coefficient (Wildman–Crippen LogP) is 5.34. The molecule has 0 aliphatic carbocycles. The number of halogens is 4. The molecule has 2 aromatic carbocycles. The molecule has 1 heterocycles. The highest BCUT2D eigenvalue weighted by Crippen LogP contribution is 2.32. The van der Waals surface area contributed by atoms with Gasteiger partial charge in [-0.3, -0.25) is 0 Å². The molecule has 0 atom stereocenters. The SMILES string of the molecule is CC(C)c1noc(-c2ccc(NC(=O)NCc3ccc(F)cc3C(F)(F)F)cc2)n1. The third-order valence-corrected chi connectivity index (χ3v) is 4.16. The molecule has 0 radical (unpaired) electrons. The van der Waals surface area contributed by atoms with Gasteiger partial charge in [0.05, 0.1) is 5.56 Å². The van der Waals surface area contributed by atoms with Crippen LogP contribution < -0.4 is 10.6 Å². The van der Waals surface area contributed by atoms with Gasteiger partial charge in [0.15, 0.2) is 5.82 Å². The molecule has 0 aliphatic heterocycles. The Morgan fingerprint density at radius 1 is 1.13 bits per heavy atom. The summed E-state index contributed by atoms with van der Waals surface area (Å²) in [7, 11) is 0. The highest BCUT2D eigenvalue weighted by molar-refractivity contribution is 5.89. The van der Waals surface area contributed by atoms with Gasteiger partial charge in [0.1, 0.15) is 5.82 Å². The van der Waals surface area contributed by atoms with E-state index in [1.807, 2.05) is 13.8 Å². The molecular formula is C20H18F4N4O2. The van der Waals surface area contributed by atoms with Crippen LogP contribution in [0.2, 0.25) is 0 Å². The second-order valence-corrected chi connectivity index (χ2v) is 6.80. The molecule has 0 bridgehead atoms. The van der Waals surface area contributed by atoms with E-state index in [0.717, 1.165) is 12.1 Å². The number of rotatable bonds is 5. The normalized spacial score (nSPS) is 11.6. The van der Waals surface area contributed by atoms with Crippen LogP contribution >= 0.6 is 0 Å². The van der Waals surface area contributed by atoms with Crippen molar-refractivity contribution >= 4 is 11.7 Å². The second kappa shape index (κ2) is 8.52. The van der Waals surface area contributed by atoms with E-state index >= 15 is 0 Å². The molecule has 0 saturated carbocycles. The Bertz CT molecular complexity index is 1030. The standard InChI is InChI=1S/C20H18F4N4O2/c1-11(2)17-27-18(30-28-17)12-4-7-15(8-5-12)26-19(29)25-10-13-3-6-14(21)9-16(13)20(22,23)24/h3-9,11H,10H2,1-2H3,(H2,25,26,29). The fraction of sp³-hybridized carbons (Fsp3) is 0.250. The summed E-state index contributed by atoms with van der Waals surface area (Å²) < 4.78 is 57.4. The minimum absolute atomic E-state index is 0.117. The molecule has 2 N–H and O–H groups in total. The van der Waals surface area contributed by atoms with Crippen molar-refractivity contribution in [3.8, 4) is 11.5 Å². The Morgan fingerprint density at radius 2 is 1.83 bits per heavy atom. The Balaban J connectivity index is 1.62. The van der Waals surface area contributed by atoms with Crippen LogP contribution in [0.1, 0.15) is 36.7 Å². The number of hydrogen-bond donors (Lipinski definition) is 2. The molecule has 10 heteroatoms. The van der Waals surface area contributed by atoms with Crippen LogP contribution in [0.3, 0.4) is 0 Å². The number of urea groups is 1. The molecule has 2 amide bonds. The maximum atomic E-state index is 13.1. The van der Waals surface area contributed by atoms with E-state index in [1.54, 1.807) is 24.3 Å². The molecule has 0 spiro atoms. The topological polar surface area (TPSA) is 80.0 Å². The van der Waals surface area contributed by atoms with Gasteiger partial charge in [-0.25, -0.2) is 9.18 Å². The largest absolute Gasteiger partial charge is 0.416 e. The summed E-state index contributed by atoms with van der Waals surface area (Å²) in [6, 6.07) is 8.09. The van der Waals surface area contributed by atoms with Crippen molar-refractivity contribution in [3.63, 3.8) is 0 Å². The van der Waals surface area contributed by atoms with Crippen LogP contribution in [0.4, 0.5) is 28.0 Å². The van der Waals surface area contributed by atoms with E-state index in [1.165, 1.54) is 0 Å². The minimum atomic E-state index is -4.73. The first-order valence-corrected chi connectivity index (χ1v) is 8.98. The van der Waals surface area contributed by atoms with Crippen LogP contribution in [-0.4, -0.2) is 16.2 Å². The summed E-state index contributed by atoms with van der Waals surface area (Å²) in [5, 5.41) is 8.72. The van der Waals surface area contributed by atoms with Crippen LogP contribution in [0, 0.1) is 5.82 Å². The molecule has 0 unspecified atom stereocenters. The zero-order valence-corrected chi connectivity index (χ0v) is 16.0. The average Bonchev–Trinajstić information content (AvgIpc) is 3.17. The molecule has 3 aromatic rings.